The van der Waals surface area contributed by atoms with Gasteiger partial charge in [0.1, 0.15) is 0 Å². The molecule has 0 bridgehead atoms. The van der Waals surface area contributed by atoms with Crippen LogP contribution < -0.4 is 9.62 Å². The number of nitrogens with zero attached hydrogens (tertiary/aromatic N) is 2. The molecule has 2 heterocycles. The maximum atomic E-state index is 12.6. The third-order valence-electron chi connectivity index (χ3n) is 4.18. The molecule has 140 valence electrons. The standard InChI is InChI=1S/C18H17N3O3S3/c1-27(23,24)20-13-6-7-14-16(10-13)26-18(19-14)25-11-17(22)21-9-8-12-4-2-3-5-15(12)21/h2-7,10,20H,8-9,11H2,1H3. The summed E-state index contributed by atoms with van der Waals surface area (Å²) < 4.78 is 26.9. The van der Waals surface area contributed by atoms with Crippen LogP contribution in [0.3, 0.4) is 0 Å². The van der Waals surface area contributed by atoms with Gasteiger partial charge in [-0.15, -0.1) is 11.3 Å². The van der Waals surface area contributed by atoms with Crippen molar-refractivity contribution in [1.29, 1.82) is 0 Å². The Morgan fingerprint density at radius 1 is 1.30 bits per heavy atom. The van der Waals surface area contributed by atoms with Crippen molar-refractivity contribution in [3.8, 4) is 0 Å². The van der Waals surface area contributed by atoms with Crippen molar-refractivity contribution in [2.75, 3.05) is 28.2 Å². The molecule has 0 fully saturated rings. The summed E-state index contributed by atoms with van der Waals surface area (Å²) in [5.74, 6) is 0.395. The van der Waals surface area contributed by atoms with E-state index in [4.69, 9.17) is 0 Å². The third kappa shape index (κ3) is 4.10. The highest BCUT2D eigenvalue weighted by Gasteiger charge is 2.24. The van der Waals surface area contributed by atoms with Crippen molar-refractivity contribution in [3.05, 3.63) is 48.0 Å². The highest BCUT2D eigenvalue weighted by Crippen LogP contribution is 2.33. The lowest BCUT2D eigenvalue weighted by molar-refractivity contribution is -0.116. The predicted octanol–water partition coefficient (Wildman–Crippen LogP) is 3.35. The molecule has 9 heteroatoms. The van der Waals surface area contributed by atoms with Crippen LogP contribution in [0.25, 0.3) is 10.2 Å². The van der Waals surface area contributed by atoms with Gasteiger partial charge in [0.25, 0.3) is 0 Å². The van der Waals surface area contributed by atoms with Gasteiger partial charge < -0.3 is 4.90 Å². The number of rotatable bonds is 5. The molecule has 1 amide bonds. The number of hydrogen-bond donors (Lipinski definition) is 1. The van der Waals surface area contributed by atoms with Crippen LogP contribution in [0.5, 0.6) is 0 Å². The summed E-state index contributed by atoms with van der Waals surface area (Å²) in [5, 5.41) is 0. The molecule has 6 nitrogen and oxygen atoms in total. The van der Waals surface area contributed by atoms with Gasteiger partial charge in [0, 0.05) is 12.2 Å². The van der Waals surface area contributed by atoms with Crippen LogP contribution in [-0.4, -0.2) is 37.9 Å². The quantitative estimate of drug-likeness (QED) is 0.642. The summed E-state index contributed by atoms with van der Waals surface area (Å²) in [6.07, 6.45) is 2.01. The van der Waals surface area contributed by atoms with E-state index in [2.05, 4.69) is 15.8 Å². The Morgan fingerprint density at radius 3 is 2.93 bits per heavy atom. The smallest absolute Gasteiger partial charge is 0.237 e. The SMILES string of the molecule is CS(=O)(=O)Nc1ccc2nc(SCC(=O)N3CCc4ccccc43)sc2c1. The highest BCUT2D eigenvalue weighted by atomic mass is 32.2. The van der Waals surface area contributed by atoms with Gasteiger partial charge in [0.2, 0.25) is 15.9 Å². The zero-order valence-electron chi connectivity index (χ0n) is 14.5. The molecule has 1 aliphatic heterocycles. The molecule has 1 aliphatic rings. The van der Waals surface area contributed by atoms with Gasteiger partial charge in [0.05, 0.1) is 27.9 Å². The lowest BCUT2D eigenvalue weighted by Crippen LogP contribution is -2.30. The van der Waals surface area contributed by atoms with Gasteiger partial charge in [-0.2, -0.15) is 0 Å². The van der Waals surface area contributed by atoms with E-state index in [0.717, 1.165) is 39.5 Å². The van der Waals surface area contributed by atoms with Crippen molar-refractivity contribution in [2.24, 2.45) is 0 Å². The maximum Gasteiger partial charge on any atom is 0.237 e. The minimum Gasteiger partial charge on any atom is -0.311 e. The zero-order chi connectivity index (χ0) is 19.0. The first-order valence-corrected chi connectivity index (χ1v) is 12.0. The van der Waals surface area contributed by atoms with Crippen molar-refractivity contribution in [1.82, 2.24) is 4.98 Å². The highest BCUT2D eigenvalue weighted by molar-refractivity contribution is 8.01. The van der Waals surface area contributed by atoms with E-state index in [0.29, 0.717) is 11.4 Å². The van der Waals surface area contributed by atoms with Crippen molar-refractivity contribution in [3.63, 3.8) is 0 Å². The minimum absolute atomic E-state index is 0.0728. The molecule has 3 aromatic rings. The average Bonchev–Trinajstić information content (AvgIpc) is 3.21. The maximum absolute atomic E-state index is 12.6. The monoisotopic (exact) mass is 419 g/mol. The summed E-state index contributed by atoms with van der Waals surface area (Å²) >= 11 is 2.87. The van der Waals surface area contributed by atoms with E-state index in [1.165, 1.54) is 28.7 Å². The molecular weight excluding hydrogens is 402 g/mol. The number of fused-ring (bicyclic) bond motifs is 2. The second-order valence-corrected chi connectivity index (χ2v) is 10.3. The van der Waals surface area contributed by atoms with Crippen LogP contribution in [0.15, 0.2) is 46.8 Å². The van der Waals surface area contributed by atoms with E-state index in [1.54, 1.807) is 18.2 Å². The number of carbonyl (C=O) groups excluding carboxylic acids is 1. The summed E-state index contributed by atoms with van der Waals surface area (Å²) in [4.78, 5) is 19.0. The Hall–Kier alpha value is -2.10. The number of benzene rings is 2. The average molecular weight is 420 g/mol. The predicted molar refractivity (Wildman–Crippen MR) is 111 cm³/mol. The van der Waals surface area contributed by atoms with Crippen molar-refractivity contribution >= 4 is 60.6 Å². The first kappa shape index (κ1) is 18.3. The minimum atomic E-state index is -3.32. The molecule has 1 N–H and O–H groups in total. The lowest BCUT2D eigenvalue weighted by Gasteiger charge is -2.16. The van der Waals surface area contributed by atoms with Crippen LogP contribution in [0, 0.1) is 0 Å². The van der Waals surface area contributed by atoms with E-state index < -0.39 is 10.0 Å². The van der Waals surface area contributed by atoms with E-state index in [1.807, 2.05) is 23.1 Å². The van der Waals surface area contributed by atoms with Gasteiger partial charge >= 0.3 is 0 Å². The fraction of sp³-hybridized carbons (Fsp3) is 0.222. The van der Waals surface area contributed by atoms with Crippen molar-refractivity contribution < 1.29 is 13.2 Å². The van der Waals surface area contributed by atoms with Gasteiger partial charge in [0.15, 0.2) is 4.34 Å². The molecule has 0 spiro atoms. The van der Waals surface area contributed by atoms with Crippen LogP contribution in [0.1, 0.15) is 5.56 Å². The van der Waals surface area contributed by atoms with Gasteiger partial charge in [-0.25, -0.2) is 13.4 Å². The molecule has 0 aliphatic carbocycles. The Balaban J connectivity index is 1.45. The van der Waals surface area contributed by atoms with Crippen LogP contribution >= 0.6 is 23.1 Å². The first-order chi connectivity index (χ1) is 12.9. The molecule has 0 atom stereocenters. The number of aromatic nitrogens is 1. The molecule has 0 saturated carbocycles. The third-order valence-corrected chi connectivity index (χ3v) is 6.93. The fourth-order valence-electron chi connectivity index (χ4n) is 3.04. The van der Waals surface area contributed by atoms with Crippen LogP contribution in [0.2, 0.25) is 0 Å². The molecule has 1 aromatic heterocycles. The second-order valence-electron chi connectivity index (χ2n) is 6.25. The summed E-state index contributed by atoms with van der Waals surface area (Å²) in [6, 6.07) is 13.2. The Morgan fingerprint density at radius 2 is 2.11 bits per heavy atom. The number of thiazole rings is 1. The molecule has 4 rings (SSSR count). The number of amides is 1. The number of anilines is 2. The second kappa shape index (κ2) is 7.14. The number of carbonyl (C=O) groups is 1. The number of hydrogen-bond acceptors (Lipinski definition) is 6. The molecule has 27 heavy (non-hydrogen) atoms. The summed E-state index contributed by atoms with van der Waals surface area (Å²) in [7, 11) is -3.32. The number of nitrogens with one attached hydrogen (secondary N) is 1. The number of thioether (sulfide) groups is 1. The Bertz CT molecular complexity index is 1130. The Labute approximate surface area is 165 Å². The molecule has 0 radical (unpaired) electrons. The zero-order valence-corrected chi connectivity index (χ0v) is 17.0. The molecular formula is C18H17N3O3S3. The largest absolute Gasteiger partial charge is 0.311 e. The summed E-state index contributed by atoms with van der Waals surface area (Å²) in [6.45, 7) is 0.721. The molecule has 2 aromatic carbocycles. The number of sulfonamides is 1. The van der Waals surface area contributed by atoms with Gasteiger partial charge in [-0.05, 0) is 36.2 Å². The lowest BCUT2D eigenvalue weighted by atomic mass is 10.2. The van der Waals surface area contributed by atoms with Crippen LogP contribution in [0.4, 0.5) is 11.4 Å². The Kier molecular flexibility index (Phi) is 4.83. The topological polar surface area (TPSA) is 79.4 Å². The van der Waals surface area contributed by atoms with E-state index >= 15 is 0 Å². The fourth-order valence-corrected chi connectivity index (χ4v) is 5.58. The van der Waals surface area contributed by atoms with Gasteiger partial charge in [-0.1, -0.05) is 30.0 Å². The number of para-hydroxylation sites is 1. The normalized spacial score (nSPS) is 13.7. The van der Waals surface area contributed by atoms with Crippen LogP contribution in [-0.2, 0) is 21.2 Å². The van der Waals surface area contributed by atoms with E-state index in [9.17, 15) is 13.2 Å². The summed E-state index contributed by atoms with van der Waals surface area (Å²) in [5.41, 5.74) is 3.51. The van der Waals surface area contributed by atoms with E-state index in [-0.39, 0.29) is 5.91 Å². The molecule has 0 saturated heterocycles. The molecule has 0 unspecified atom stereocenters. The first-order valence-electron chi connectivity index (χ1n) is 8.28. The van der Waals surface area contributed by atoms with Gasteiger partial charge in [-0.3, -0.25) is 9.52 Å². The van der Waals surface area contributed by atoms with Crippen molar-refractivity contribution in [2.45, 2.75) is 10.8 Å².